The van der Waals surface area contributed by atoms with Crippen LogP contribution in [0.5, 0.6) is 5.75 Å². The Hall–Kier alpha value is -2.62. The monoisotopic (exact) mass is 484 g/mol. The fourth-order valence-electron chi connectivity index (χ4n) is 5.42. The zero-order chi connectivity index (χ0) is 25.2. The van der Waals surface area contributed by atoms with Crippen molar-refractivity contribution >= 4 is 0 Å². The highest BCUT2D eigenvalue weighted by molar-refractivity contribution is 5.28. The van der Waals surface area contributed by atoms with Crippen LogP contribution in [0.25, 0.3) is 0 Å². The van der Waals surface area contributed by atoms with Crippen molar-refractivity contribution in [2.24, 2.45) is 5.92 Å². The van der Waals surface area contributed by atoms with Gasteiger partial charge in [0.25, 0.3) is 0 Å². The second kappa shape index (κ2) is 13.6. The third-order valence-corrected chi connectivity index (χ3v) is 7.58. The maximum absolute atomic E-state index is 6.01. The van der Waals surface area contributed by atoms with E-state index in [2.05, 4.69) is 109 Å². The molecule has 192 valence electrons. The Morgan fingerprint density at radius 1 is 0.833 bits per heavy atom. The summed E-state index contributed by atoms with van der Waals surface area (Å²) >= 11 is 0. The Morgan fingerprint density at radius 2 is 1.47 bits per heavy atom. The van der Waals surface area contributed by atoms with Gasteiger partial charge in [0, 0.05) is 31.7 Å². The minimum absolute atomic E-state index is 0.541. The van der Waals surface area contributed by atoms with Crippen LogP contribution in [-0.2, 0) is 13.2 Å². The molecule has 36 heavy (non-hydrogen) atoms. The van der Waals surface area contributed by atoms with E-state index < -0.39 is 0 Å². The molecule has 1 aliphatic heterocycles. The molecular weight excluding hydrogens is 440 g/mol. The molecule has 3 heteroatoms. The Balaban J connectivity index is 1.34. The molecule has 0 bridgehead atoms. The number of benzene rings is 3. The summed E-state index contributed by atoms with van der Waals surface area (Å²) in [5.74, 6) is 1.67. The molecule has 1 fully saturated rings. The molecule has 1 saturated heterocycles. The normalized spacial score (nSPS) is 15.9. The summed E-state index contributed by atoms with van der Waals surface area (Å²) in [6.07, 6.45) is 4.92. The lowest BCUT2D eigenvalue weighted by Gasteiger charge is -2.42. The minimum atomic E-state index is 0.541. The number of rotatable bonds is 12. The molecule has 3 aromatic carbocycles. The predicted octanol–water partition coefficient (Wildman–Crippen LogP) is 7.73. The van der Waals surface area contributed by atoms with E-state index in [0.29, 0.717) is 18.7 Å². The standard InChI is InChI=1S/C33H44N2O/c1-4-33(30-13-9-6-10-14-30)34-23-20-31(21-24-34)35(22-19-27(2)3)25-28-15-17-32(18-16-28)36-26-29-11-7-5-8-12-29/h5-18,27,31,33H,4,19-26H2,1-3H3. The fraction of sp³-hybridized carbons (Fsp3) is 0.455. The lowest BCUT2D eigenvalue weighted by molar-refractivity contribution is 0.0744. The summed E-state index contributed by atoms with van der Waals surface area (Å²) in [6.45, 7) is 12.2. The Kier molecular flexibility index (Phi) is 10.0. The first-order chi connectivity index (χ1) is 17.6. The summed E-state index contributed by atoms with van der Waals surface area (Å²) in [4.78, 5) is 5.46. The van der Waals surface area contributed by atoms with Gasteiger partial charge in [0.05, 0.1) is 0 Å². The zero-order valence-corrected chi connectivity index (χ0v) is 22.5. The lowest BCUT2D eigenvalue weighted by Crippen LogP contribution is -2.46. The molecule has 1 unspecified atom stereocenters. The van der Waals surface area contributed by atoms with Crippen molar-refractivity contribution in [1.29, 1.82) is 0 Å². The number of nitrogens with zero attached hydrogens (tertiary/aromatic N) is 2. The van der Waals surface area contributed by atoms with Crippen molar-refractivity contribution in [3.63, 3.8) is 0 Å². The van der Waals surface area contributed by atoms with Crippen LogP contribution in [0.4, 0.5) is 0 Å². The van der Waals surface area contributed by atoms with Gasteiger partial charge in [-0.15, -0.1) is 0 Å². The van der Waals surface area contributed by atoms with E-state index in [1.165, 1.54) is 62.0 Å². The quantitative estimate of drug-likeness (QED) is 0.262. The first-order valence-corrected chi connectivity index (χ1v) is 13.9. The smallest absolute Gasteiger partial charge is 0.119 e. The van der Waals surface area contributed by atoms with Gasteiger partial charge >= 0.3 is 0 Å². The van der Waals surface area contributed by atoms with E-state index >= 15 is 0 Å². The molecule has 1 aliphatic rings. The van der Waals surface area contributed by atoms with Crippen LogP contribution in [0.3, 0.4) is 0 Å². The number of piperidine rings is 1. The van der Waals surface area contributed by atoms with E-state index in [0.717, 1.165) is 18.2 Å². The Bertz CT molecular complexity index is 995. The van der Waals surface area contributed by atoms with Crippen LogP contribution in [0, 0.1) is 5.92 Å². The molecule has 1 atom stereocenters. The van der Waals surface area contributed by atoms with Crippen LogP contribution in [0.2, 0.25) is 0 Å². The molecule has 4 rings (SSSR count). The summed E-state index contributed by atoms with van der Waals surface area (Å²) < 4.78 is 6.01. The average molecular weight is 485 g/mol. The van der Waals surface area contributed by atoms with Crippen molar-refractivity contribution < 1.29 is 4.74 Å². The van der Waals surface area contributed by atoms with Gasteiger partial charge < -0.3 is 4.74 Å². The second-order valence-electron chi connectivity index (χ2n) is 10.7. The lowest BCUT2D eigenvalue weighted by atomic mass is 9.96. The number of likely N-dealkylation sites (tertiary alicyclic amines) is 1. The topological polar surface area (TPSA) is 15.7 Å². The van der Waals surface area contributed by atoms with Gasteiger partial charge in [0.1, 0.15) is 12.4 Å². The molecule has 0 aromatic heterocycles. The number of hydrogen-bond donors (Lipinski definition) is 0. The molecule has 3 aromatic rings. The van der Waals surface area contributed by atoms with Crippen molar-refractivity contribution in [1.82, 2.24) is 9.80 Å². The van der Waals surface area contributed by atoms with E-state index in [1.807, 2.05) is 6.07 Å². The van der Waals surface area contributed by atoms with E-state index in [9.17, 15) is 0 Å². The molecule has 3 nitrogen and oxygen atoms in total. The van der Waals surface area contributed by atoms with Gasteiger partial charge in [-0.1, -0.05) is 93.6 Å². The van der Waals surface area contributed by atoms with Crippen LogP contribution in [-0.4, -0.2) is 35.5 Å². The van der Waals surface area contributed by atoms with Crippen molar-refractivity contribution in [3.8, 4) is 5.75 Å². The molecule has 0 radical (unpaired) electrons. The fourth-order valence-corrected chi connectivity index (χ4v) is 5.42. The van der Waals surface area contributed by atoms with E-state index in [-0.39, 0.29) is 0 Å². The molecule has 0 saturated carbocycles. The highest BCUT2D eigenvalue weighted by atomic mass is 16.5. The van der Waals surface area contributed by atoms with Gasteiger partial charge in [-0.25, -0.2) is 0 Å². The molecule has 0 amide bonds. The molecule has 1 heterocycles. The molecular formula is C33H44N2O. The summed E-state index contributed by atoms with van der Waals surface area (Å²) in [7, 11) is 0. The third-order valence-electron chi connectivity index (χ3n) is 7.58. The third kappa shape index (κ3) is 7.69. The van der Waals surface area contributed by atoms with Gasteiger partial charge in [0.2, 0.25) is 0 Å². The number of ether oxygens (including phenoxy) is 1. The summed E-state index contributed by atoms with van der Waals surface area (Å²) in [5.41, 5.74) is 4.04. The maximum Gasteiger partial charge on any atom is 0.119 e. The van der Waals surface area contributed by atoms with Gasteiger partial charge in [-0.2, -0.15) is 0 Å². The van der Waals surface area contributed by atoms with Gasteiger partial charge in [0.15, 0.2) is 0 Å². The summed E-state index contributed by atoms with van der Waals surface area (Å²) in [5, 5.41) is 0. The Morgan fingerprint density at radius 3 is 2.08 bits per heavy atom. The highest BCUT2D eigenvalue weighted by Crippen LogP contribution is 2.29. The van der Waals surface area contributed by atoms with Crippen LogP contribution in [0.1, 0.15) is 69.2 Å². The van der Waals surface area contributed by atoms with E-state index in [1.54, 1.807) is 0 Å². The largest absolute Gasteiger partial charge is 0.489 e. The first-order valence-electron chi connectivity index (χ1n) is 13.9. The van der Waals surface area contributed by atoms with Crippen LogP contribution in [0.15, 0.2) is 84.9 Å². The van der Waals surface area contributed by atoms with Gasteiger partial charge in [-0.3, -0.25) is 9.80 Å². The second-order valence-corrected chi connectivity index (χ2v) is 10.7. The van der Waals surface area contributed by atoms with Crippen molar-refractivity contribution in [2.75, 3.05) is 19.6 Å². The SMILES string of the molecule is CCC(c1ccccc1)N1CCC(N(CCC(C)C)Cc2ccc(OCc3ccccc3)cc2)CC1. The minimum Gasteiger partial charge on any atom is -0.489 e. The number of hydrogen-bond acceptors (Lipinski definition) is 3. The zero-order valence-electron chi connectivity index (χ0n) is 22.5. The molecule has 0 N–H and O–H groups in total. The van der Waals surface area contributed by atoms with Crippen molar-refractivity contribution in [3.05, 3.63) is 102 Å². The maximum atomic E-state index is 6.01. The highest BCUT2D eigenvalue weighted by Gasteiger charge is 2.28. The van der Waals surface area contributed by atoms with Crippen LogP contribution < -0.4 is 4.74 Å². The molecule has 0 aliphatic carbocycles. The average Bonchev–Trinajstić information content (AvgIpc) is 2.92. The van der Waals surface area contributed by atoms with E-state index in [4.69, 9.17) is 4.74 Å². The van der Waals surface area contributed by atoms with Gasteiger partial charge in [-0.05, 0) is 67.0 Å². The predicted molar refractivity (Wildman–Crippen MR) is 151 cm³/mol. The Labute approximate surface area is 219 Å². The molecule has 0 spiro atoms. The summed E-state index contributed by atoms with van der Waals surface area (Å²) in [6, 6.07) is 31.4. The van der Waals surface area contributed by atoms with Crippen molar-refractivity contribution in [2.45, 2.75) is 71.7 Å². The van der Waals surface area contributed by atoms with Crippen LogP contribution >= 0.6 is 0 Å². The first kappa shape index (κ1) is 26.4.